The molecule has 1 fully saturated rings. The van der Waals surface area contributed by atoms with Gasteiger partial charge in [-0.1, -0.05) is 24.6 Å². The predicted molar refractivity (Wildman–Crippen MR) is 78.4 cm³/mol. The average molecular weight is 255 g/mol. The number of hydrogen-bond donors (Lipinski definition) is 3. The van der Waals surface area contributed by atoms with Crippen LogP contribution in [0.15, 0.2) is 24.3 Å². The van der Waals surface area contributed by atoms with Crippen LogP contribution in [-0.2, 0) is 6.42 Å². The Kier molecular flexibility index (Phi) is 2.82. The highest BCUT2D eigenvalue weighted by Crippen LogP contribution is 2.33. The molecule has 0 spiro atoms. The van der Waals surface area contributed by atoms with Gasteiger partial charge in [-0.3, -0.25) is 0 Å². The van der Waals surface area contributed by atoms with Crippen LogP contribution in [0.5, 0.6) is 0 Å². The Morgan fingerprint density at radius 3 is 2.84 bits per heavy atom. The van der Waals surface area contributed by atoms with Gasteiger partial charge >= 0.3 is 0 Å². The third-order valence-electron chi connectivity index (χ3n) is 4.65. The highest BCUT2D eigenvalue weighted by Gasteiger charge is 2.30. The van der Waals surface area contributed by atoms with Gasteiger partial charge in [0.2, 0.25) is 0 Å². The van der Waals surface area contributed by atoms with Crippen LogP contribution in [0.1, 0.15) is 36.6 Å². The topological polar surface area (TPSA) is 39.9 Å². The molecule has 1 aromatic heterocycles. The predicted octanol–water partition coefficient (Wildman–Crippen LogP) is 2.50. The summed E-state index contributed by atoms with van der Waals surface area (Å²) in [5.74, 6) is 0. The van der Waals surface area contributed by atoms with Crippen LogP contribution in [0, 0.1) is 0 Å². The summed E-state index contributed by atoms with van der Waals surface area (Å²) in [7, 11) is 0. The van der Waals surface area contributed by atoms with Gasteiger partial charge in [-0.05, 0) is 44.0 Å². The number of hydrogen-bond acceptors (Lipinski definition) is 2. The molecule has 100 valence electrons. The molecule has 1 saturated heterocycles. The number of nitrogens with one attached hydrogen (secondary N) is 3. The third kappa shape index (κ3) is 1.88. The zero-order valence-electron chi connectivity index (χ0n) is 11.2. The van der Waals surface area contributed by atoms with Gasteiger partial charge in [0, 0.05) is 22.6 Å². The molecule has 0 saturated carbocycles. The van der Waals surface area contributed by atoms with E-state index in [1.807, 2.05) is 0 Å². The van der Waals surface area contributed by atoms with E-state index in [2.05, 4.69) is 39.9 Å². The summed E-state index contributed by atoms with van der Waals surface area (Å²) in [4.78, 5) is 3.66. The first kappa shape index (κ1) is 11.5. The molecule has 19 heavy (non-hydrogen) atoms. The fourth-order valence-corrected chi connectivity index (χ4v) is 3.72. The number of H-pyrrole nitrogens is 1. The lowest BCUT2D eigenvalue weighted by molar-refractivity contribution is 0.304. The van der Waals surface area contributed by atoms with Crippen LogP contribution < -0.4 is 10.6 Å². The van der Waals surface area contributed by atoms with Gasteiger partial charge in [0.25, 0.3) is 0 Å². The molecule has 1 aromatic carbocycles. The second-order valence-corrected chi connectivity index (χ2v) is 5.80. The second kappa shape index (κ2) is 4.66. The van der Waals surface area contributed by atoms with E-state index in [4.69, 9.17) is 0 Å². The molecule has 2 aliphatic rings. The summed E-state index contributed by atoms with van der Waals surface area (Å²) >= 11 is 0. The van der Waals surface area contributed by atoms with Crippen molar-refractivity contribution in [3.05, 3.63) is 35.5 Å². The molecule has 0 aliphatic carbocycles. The summed E-state index contributed by atoms with van der Waals surface area (Å²) < 4.78 is 0. The molecule has 3 nitrogen and oxygen atoms in total. The maximum atomic E-state index is 3.71. The van der Waals surface area contributed by atoms with Crippen molar-refractivity contribution in [3.8, 4) is 0 Å². The zero-order valence-corrected chi connectivity index (χ0v) is 11.2. The SMILES string of the molecule is c1ccc2c3c([nH]c2c1)C(C1CCCCN1)NCC3. The maximum absolute atomic E-state index is 3.71. The van der Waals surface area contributed by atoms with E-state index in [9.17, 15) is 0 Å². The lowest BCUT2D eigenvalue weighted by Crippen LogP contribution is -2.46. The van der Waals surface area contributed by atoms with Crippen LogP contribution in [-0.4, -0.2) is 24.1 Å². The highest BCUT2D eigenvalue weighted by atomic mass is 15.1. The Bertz CT molecular complexity index is 581. The Morgan fingerprint density at radius 1 is 1.00 bits per heavy atom. The minimum Gasteiger partial charge on any atom is -0.357 e. The van der Waals surface area contributed by atoms with Crippen molar-refractivity contribution in [2.45, 2.75) is 37.8 Å². The molecule has 3 heteroatoms. The van der Waals surface area contributed by atoms with Gasteiger partial charge in [0.15, 0.2) is 0 Å². The molecule has 3 N–H and O–H groups in total. The van der Waals surface area contributed by atoms with Crippen LogP contribution in [0.4, 0.5) is 0 Å². The van der Waals surface area contributed by atoms with Crippen LogP contribution in [0.2, 0.25) is 0 Å². The number of piperidine rings is 1. The van der Waals surface area contributed by atoms with Gasteiger partial charge in [-0.2, -0.15) is 0 Å². The fraction of sp³-hybridized carbons (Fsp3) is 0.500. The summed E-state index contributed by atoms with van der Waals surface area (Å²) in [6, 6.07) is 9.75. The van der Waals surface area contributed by atoms with Gasteiger partial charge in [0.1, 0.15) is 0 Å². The Balaban J connectivity index is 1.77. The maximum Gasteiger partial charge on any atom is 0.0631 e. The fourth-order valence-electron chi connectivity index (χ4n) is 3.72. The molecule has 2 unspecified atom stereocenters. The van der Waals surface area contributed by atoms with Gasteiger partial charge in [0.05, 0.1) is 6.04 Å². The standard InChI is InChI=1S/C16H21N3/c1-2-6-13-11(5-1)12-8-10-18-16(15(12)19-13)14-7-3-4-9-17-14/h1-2,5-6,14,16-19H,3-4,7-10H2. The summed E-state index contributed by atoms with van der Waals surface area (Å²) in [6.45, 7) is 2.26. The highest BCUT2D eigenvalue weighted by molar-refractivity contribution is 5.85. The molecule has 0 bridgehead atoms. The van der Waals surface area contributed by atoms with Crippen molar-refractivity contribution in [1.82, 2.24) is 15.6 Å². The quantitative estimate of drug-likeness (QED) is 0.732. The number of aromatic amines is 1. The van der Waals surface area contributed by atoms with Gasteiger partial charge < -0.3 is 15.6 Å². The van der Waals surface area contributed by atoms with E-state index in [0.717, 1.165) is 13.0 Å². The molecule has 2 atom stereocenters. The first-order valence-corrected chi connectivity index (χ1v) is 7.50. The second-order valence-electron chi connectivity index (χ2n) is 5.80. The molecular formula is C16H21N3. The van der Waals surface area contributed by atoms with E-state index >= 15 is 0 Å². The van der Waals surface area contributed by atoms with Crippen molar-refractivity contribution in [2.24, 2.45) is 0 Å². The molecule has 4 rings (SSSR count). The Morgan fingerprint density at radius 2 is 1.95 bits per heavy atom. The van der Waals surface area contributed by atoms with Crippen molar-refractivity contribution in [1.29, 1.82) is 0 Å². The lowest BCUT2D eigenvalue weighted by atomic mass is 9.90. The van der Waals surface area contributed by atoms with E-state index in [1.165, 1.54) is 48.0 Å². The largest absolute Gasteiger partial charge is 0.357 e. The normalized spacial score (nSPS) is 27.4. The van der Waals surface area contributed by atoms with Crippen molar-refractivity contribution in [2.75, 3.05) is 13.1 Å². The zero-order chi connectivity index (χ0) is 12.7. The smallest absolute Gasteiger partial charge is 0.0631 e. The third-order valence-corrected chi connectivity index (χ3v) is 4.65. The first-order valence-electron chi connectivity index (χ1n) is 7.50. The van der Waals surface area contributed by atoms with Crippen LogP contribution in [0.25, 0.3) is 10.9 Å². The number of aromatic nitrogens is 1. The van der Waals surface area contributed by atoms with E-state index in [1.54, 1.807) is 0 Å². The number of benzene rings is 1. The Labute approximate surface area is 113 Å². The van der Waals surface area contributed by atoms with Crippen LogP contribution in [0.3, 0.4) is 0 Å². The number of para-hydroxylation sites is 1. The van der Waals surface area contributed by atoms with Gasteiger partial charge in [-0.15, -0.1) is 0 Å². The molecule has 2 aromatic rings. The minimum atomic E-state index is 0.455. The summed E-state index contributed by atoms with van der Waals surface area (Å²) in [6.07, 6.45) is 5.10. The number of fused-ring (bicyclic) bond motifs is 3. The van der Waals surface area contributed by atoms with Gasteiger partial charge in [-0.25, -0.2) is 0 Å². The first-order chi connectivity index (χ1) is 9.43. The van der Waals surface area contributed by atoms with Crippen molar-refractivity contribution in [3.63, 3.8) is 0 Å². The van der Waals surface area contributed by atoms with Crippen LogP contribution >= 0.6 is 0 Å². The average Bonchev–Trinajstić information content (AvgIpc) is 2.87. The molecular weight excluding hydrogens is 234 g/mol. The van der Waals surface area contributed by atoms with E-state index < -0.39 is 0 Å². The Hall–Kier alpha value is -1.32. The monoisotopic (exact) mass is 255 g/mol. The minimum absolute atomic E-state index is 0.455. The van der Waals surface area contributed by atoms with Crippen molar-refractivity contribution < 1.29 is 0 Å². The number of rotatable bonds is 1. The molecule has 0 amide bonds. The molecule has 3 heterocycles. The summed E-state index contributed by atoms with van der Waals surface area (Å²) in [5, 5.41) is 8.82. The molecule has 2 aliphatic heterocycles. The molecule has 0 radical (unpaired) electrons. The van der Waals surface area contributed by atoms with E-state index in [0.29, 0.717) is 12.1 Å². The van der Waals surface area contributed by atoms with Crippen molar-refractivity contribution >= 4 is 10.9 Å². The lowest BCUT2D eigenvalue weighted by Gasteiger charge is -2.34. The summed E-state index contributed by atoms with van der Waals surface area (Å²) in [5.41, 5.74) is 4.25. The van der Waals surface area contributed by atoms with E-state index in [-0.39, 0.29) is 0 Å².